The Morgan fingerprint density at radius 2 is 1.93 bits per heavy atom. The first-order chi connectivity index (χ1) is 12.8. The van der Waals surface area contributed by atoms with Gasteiger partial charge in [-0.15, -0.1) is 0 Å². The number of ether oxygens (including phenoxy) is 1. The minimum absolute atomic E-state index is 0.00181. The molecule has 0 bridgehead atoms. The van der Waals surface area contributed by atoms with E-state index in [0.717, 1.165) is 4.47 Å². The minimum atomic E-state index is -0.471. The van der Waals surface area contributed by atoms with E-state index >= 15 is 0 Å². The summed E-state index contributed by atoms with van der Waals surface area (Å²) in [6, 6.07) is 11.7. The summed E-state index contributed by atoms with van der Waals surface area (Å²) in [5, 5.41) is 14.7. The quantitative estimate of drug-likeness (QED) is 0.397. The second-order valence-electron chi connectivity index (χ2n) is 6.17. The topological polar surface area (TPSA) is 93.8 Å². The summed E-state index contributed by atoms with van der Waals surface area (Å²) in [4.78, 5) is 22.1. The second-order valence-corrected chi connectivity index (χ2v) is 7.02. The first kappa shape index (κ1) is 20.6. The maximum Gasteiger partial charge on any atom is 0.277 e. The number of hydrazone groups is 1. The Bertz CT molecular complexity index is 864. The first-order valence-corrected chi connectivity index (χ1v) is 9.07. The van der Waals surface area contributed by atoms with E-state index in [9.17, 15) is 14.9 Å². The number of hydrogen-bond donors (Lipinski definition) is 1. The van der Waals surface area contributed by atoms with E-state index in [1.54, 1.807) is 19.1 Å². The van der Waals surface area contributed by atoms with Crippen LogP contribution in [0.3, 0.4) is 0 Å². The number of nitrogens with one attached hydrogen (secondary N) is 1. The van der Waals surface area contributed by atoms with Gasteiger partial charge in [0.2, 0.25) is 0 Å². The maximum atomic E-state index is 11.9. The highest BCUT2D eigenvalue weighted by molar-refractivity contribution is 9.10. The number of carbonyl (C=O) groups is 1. The summed E-state index contributed by atoms with van der Waals surface area (Å²) in [5.74, 6) is 0.567. The number of amides is 1. The average Bonchev–Trinajstić information content (AvgIpc) is 2.64. The lowest BCUT2D eigenvalue weighted by atomic mass is 10.0. The van der Waals surface area contributed by atoms with Crippen molar-refractivity contribution in [2.75, 3.05) is 6.61 Å². The lowest BCUT2D eigenvalue weighted by Crippen LogP contribution is -2.25. The molecule has 0 unspecified atom stereocenters. The van der Waals surface area contributed by atoms with Gasteiger partial charge < -0.3 is 4.74 Å². The number of nitro groups is 1. The third kappa shape index (κ3) is 5.89. The predicted molar refractivity (Wildman–Crippen MR) is 107 cm³/mol. The van der Waals surface area contributed by atoms with Gasteiger partial charge in [0.1, 0.15) is 5.75 Å². The molecule has 27 heavy (non-hydrogen) atoms. The van der Waals surface area contributed by atoms with Crippen LogP contribution in [0, 0.1) is 10.1 Å². The van der Waals surface area contributed by atoms with Crippen LogP contribution in [0.4, 0.5) is 5.69 Å². The Hall–Kier alpha value is -2.74. The fourth-order valence-corrected chi connectivity index (χ4v) is 2.71. The summed E-state index contributed by atoms with van der Waals surface area (Å²) < 4.78 is 6.29. The van der Waals surface area contributed by atoms with Crippen molar-refractivity contribution >= 4 is 33.2 Å². The molecular formula is C19H20BrN3O4. The molecule has 0 aliphatic rings. The lowest BCUT2D eigenvalue weighted by molar-refractivity contribution is -0.384. The number of hydrogen-bond acceptors (Lipinski definition) is 5. The van der Waals surface area contributed by atoms with Crippen LogP contribution in [-0.2, 0) is 4.79 Å². The van der Waals surface area contributed by atoms with Gasteiger partial charge in [0.15, 0.2) is 6.61 Å². The molecule has 2 aromatic rings. The van der Waals surface area contributed by atoms with Gasteiger partial charge in [0.25, 0.3) is 11.6 Å². The van der Waals surface area contributed by atoms with Crippen molar-refractivity contribution in [1.82, 2.24) is 5.43 Å². The molecule has 7 nitrogen and oxygen atoms in total. The van der Waals surface area contributed by atoms with E-state index in [4.69, 9.17) is 4.74 Å². The Labute approximate surface area is 165 Å². The standard InChI is InChI=1S/C19H20BrN3O4/c1-12(2)15-6-9-18(17(20)10-15)27-11-19(24)22-21-13(3)14-4-7-16(8-5-14)23(25)26/h4-10,12H,11H2,1-3H3,(H,22,24). The molecular weight excluding hydrogens is 414 g/mol. The van der Waals surface area contributed by atoms with E-state index in [1.807, 2.05) is 18.2 Å². The molecule has 142 valence electrons. The van der Waals surface area contributed by atoms with Gasteiger partial charge in [0, 0.05) is 12.1 Å². The number of nitro benzene ring substituents is 1. The van der Waals surface area contributed by atoms with Crippen LogP contribution >= 0.6 is 15.9 Å². The third-order valence-corrected chi connectivity index (χ3v) is 4.45. The van der Waals surface area contributed by atoms with Crippen LogP contribution in [0.1, 0.15) is 37.8 Å². The molecule has 1 amide bonds. The van der Waals surface area contributed by atoms with Crippen molar-refractivity contribution in [3.8, 4) is 5.75 Å². The summed E-state index contributed by atoms with van der Waals surface area (Å²) in [5.41, 5.74) is 4.78. The zero-order chi connectivity index (χ0) is 20.0. The third-order valence-electron chi connectivity index (χ3n) is 3.83. The van der Waals surface area contributed by atoms with Gasteiger partial charge in [-0.25, -0.2) is 5.43 Å². The van der Waals surface area contributed by atoms with Crippen LogP contribution in [0.2, 0.25) is 0 Å². The Balaban J connectivity index is 1.91. The zero-order valence-corrected chi connectivity index (χ0v) is 16.8. The van der Waals surface area contributed by atoms with Crippen LogP contribution in [-0.4, -0.2) is 23.1 Å². The number of benzene rings is 2. The van der Waals surface area contributed by atoms with Crippen molar-refractivity contribution < 1.29 is 14.5 Å². The fraction of sp³-hybridized carbons (Fsp3) is 0.263. The zero-order valence-electron chi connectivity index (χ0n) is 15.2. The molecule has 0 aromatic heterocycles. The molecule has 2 rings (SSSR count). The Kier molecular flexibility index (Phi) is 7.06. The number of halogens is 1. The van der Waals surface area contributed by atoms with Crippen LogP contribution in [0.5, 0.6) is 5.75 Å². The number of non-ortho nitro benzene ring substituents is 1. The van der Waals surface area contributed by atoms with Crippen molar-refractivity contribution in [2.24, 2.45) is 5.10 Å². The van der Waals surface area contributed by atoms with Gasteiger partial charge in [-0.05, 0) is 64.2 Å². The Morgan fingerprint density at radius 3 is 2.48 bits per heavy atom. The number of carbonyl (C=O) groups excluding carboxylic acids is 1. The highest BCUT2D eigenvalue weighted by atomic mass is 79.9. The summed E-state index contributed by atoms with van der Waals surface area (Å²) in [7, 11) is 0. The average molecular weight is 434 g/mol. The molecule has 0 heterocycles. The van der Waals surface area contributed by atoms with E-state index in [2.05, 4.69) is 40.3 Å². The molecule has 0 aliphatic heterocycles. The van der Waals surface area contributed by atoms with Crippen molar-refractivity contribution in [3.05, 3.63) is 68.2 Å². The van der Waals surface area contributed by atoms with Gasteiger partial charge in [0.05, 0.1) is 15.1 Å². The molecule has 0 spiro atoms. The number of nitrogens with zero attached hydrogens (tertiary/aromatic N) is 2. The fourth-order valence-electron chi connectivity index (χ4n) is 2.20. The van der Waals surface area contributed by atoms with Crippen molar-refractivity contribution in [2.45, 2.75) is 26.7 Å². The smallest absolute Gasteiger partial charge is 0.277 e. The lowest BCUT2D eigenvalue weighted by Gasteiger charge is -2.11. The predicted octanol–water partition coefficient (Wildman–Crippen LogP) is 4.40. The molecule has 0 radical (unpaired) electrons. The van der Waals surface area contributed by atoms with E-state index in [1.165, 1.54) is 17.7 Å². The van der Waals surface area contributed by atoms with Gasteiger partial charge >= 0.3 is 0 Å². The van der Waals surface area contributed by atoms with Crippen LogP contribution in [0.25, 0.3) is 0 Å². The molecule has 8 heteroatoms. The monoisotopic (exact) mass is 433 g/mol. The van der Waals surface area contributed by atoms with Crippen LogP contribution in [0.15, 0.2) is 52.0 Å². The van der Waals surface area contributed by atoms with Crippen LogP contribution < -0.4 is 10.2 Å². The summed E-state index contributed by atoms with van der Waals surface area (Å²) in [6.45, 7) is 5.71. The molecule has 0 fully saturated rings. The van der Waals surface area contributed by atoms with E-state index in [-0.39, 0.29) is 12.3 Å². The first-order valence-electron chi connectivity index (χ1n) is 8.28. The second kappa shape index (κ2) is 9.27. The minimum Gasteiger partial charge on any atom is -0.483 e. The summed E-state index contributed by atoms with van der Waals surface area (Å²) >= 11 is 3.44. The molecule has 0 aliphatic carbocycles. The number of rotatable bonds is 7. The normalized spacial score (nSPS) is 11.4. The maximum absolute atomic E-state index is 11.9. The molecule has 2 aromatic carbocycles. The molecule has 0 atom stereocenters. The SMILES string of the molecule is CC(=NNC(=O)COc1ccc(C(C)C)cc1Br)c1ccc([N+](=O)[O-])cc1. The van der Waals surface area contributed by atoms with E-state index in [0.29, 0.717) is 22.9 Å². The molecule has 0 saturated heterocycles. The van der Waals surface area contributed by atoms with Crippen molar-refractivity contribution in [1.29, 1.82) is 0 Å². The molecule has 0 saturated carbocycles. The van der Waals surface area contributed by atoms with Crippen molar-refractivity contribution in [3.63, 3.8) is 0 Å². The Morgan fingerprint density at radius 1 is 1.26 bits per heavy atom. The van der Waals surface area contributed by atoms with Gasteiger partial charge in [-0.3, -0.25) is 14.9 Å². The van der Waals surface area contributed by atoms with Gasteiger partial charge in [-0.1, -0.05) is 19.9 Å². The summed E-state index contributed by atoms with van der Waals surface area (Å²) in [6.07, 6.45) is 0. The van der Waals surface area contributed by atoms with E-state index < -0.39 is 10.8 Å². The highest BCUT2D eigenvalue weighted by Gasteiger charge is 2.09. The van der Waals surface area contributed by atoms with Gasteiger partial charge in [-0.2, -0.15) is 5.10 Å². The molecule has 1 N–H and O–H groups in total. The highest BCUT2D eigenvalue weighted by Crippen LogP contribution is 2.28. The largest absolute Gasteiger partial charge is 0.483 e.